The Bertz CT molecular complexity index is 980. The van der Waals surface area contributed by atoms with Gasteiger partial charge in [-0.3, -0.25) is 20.1 Å². The van der Waals surface area contributed by atoms with Crippen molar-refractivity contribution in [3.63, 3.8) is 0 Å². The molecule has 0 aromatic heterocycles. The fourth-order valence-electron chi connectivity index (χ4n) is 3.11. The van der Waals surface area contributed by atoms with E-state index < -0.39 is 29.4 Å². The number of rotatable bonds is 9. The van der Waals surface area contributed by atoms with Gasteiger partial charge in [-0.15, -0.1) is 0 Å². The Morgan fingerprint density at radius 2 is 1.67 bits per heavy atom. The number of carbonyl (C=O) groups is 3. The van der Waals surface area contributed by atoms with Gasteiger partial charge >= 0.3 is 17.9 Å². The average molecular weight is 458 g/mol. The van der Waals surface area contributed by atoms with Gasteiger partial charge in [0.15, 0.2) is 5.92 Å². The van der Waals surface area contributed by atoms with Crippen LogP contribution >= 0.6 is 0 Å². The maximum Gasteiger partial charge on any atom is 0.321 e. The van der Waals surface area contributed by atoms with Crippen molar-refractivity contribution in [2.75, 3.05) is 6.73 Å². The Labute approximate surface area is 194 Å². The van der Waals surface area contributed by atoms with Crippen molar-refractivity contribution in [3.8, 4) is 11.5 Å². The smallest absolute Gasteiger partial charge is 0.321 e. The molecule has 33 heavy (non-hydrogen) atoms. The second kappa shape index (κ2) is 11.5. The van der Waals surface area contributed by atoms with Gasteiger partial charge in [-0.1, -0.05) is 36.4 Å². The van der Waals surface area contributed by atoms with Crippen LogP contribution in [0.4, 0.5) is 0 Å². The molecule has 2 aromatic rings. The van der Waals surface area contributed by atoms with Crippen molar-refractivity contribution in [2.45, 2.75) is 53.2 Å². The quantitative estimate of drug-likeness (QED) is 0.264. The van der Waals surface area contributed by atoms with Gasteiger partial charge in [-0.2, -0.15) is 0 Å². The zero-order valence-corrected chi connectivity index (χ0v) is 19.7. The lowest BCUT2D eigenvalue weighted by atomic mass is 9.96. The Hall–Kier alpha value is -3.39. The van der Waals surface area contributed by atoms with Gasteiger partial charge in [0.2, 0.25) is 0 Å². The summed E-state index contributed by atoms with van der Waals surface area (Å²) in [7, 11) is 0. The summed E-state index contributed by atoms with van der Waals surface area (Å²) in [6.45, 7) is 8.05. The molecule has 0 fully saturated rings. The minimum Gasteiger partial charge on any atom is -0.488 e. The van der Waals surface area contributed by atoms with E-state index in [1.54, 1.807) is 39.8 Å². The number of esters is 3. The van der Waals surface area contributed by atoms with E-state index in [-0.39, 0.29) is 18.9 Å². The Morgan fingerprint density at radius 1 is 1.00 bits per heavy atom. The number of carbonyl (C=O) groups excluding carboxylic acids is 3. The van der Waals surface area contributed by atoms with Crippen molar-refractivity contribution >= 4 is 17.9 Å². The summed E-state index contributed by atoms with van der Waals surface area (Å²) < 4.78 is 21.6. The van der Waals surface area contributed by atoms with Crippen LogP contribution in [0.5, 0.6) is 11.5 Å². The summed E-state index contributed by atoms with van der Waals surface area (Å²) in [5.74, 6) is -2.66. The predicted octanol–water partition coefficient (Wildman–Crippen LogP) is 3.46. The van der Waals surface area contributed by atoms with Crippen LogP contribution in [-0.2, 0) is 36.9 Å². The summed E-state index contributed by atoms with van der Waals surface area (Å²) >= 11 is 0. The first-order valence-electron chi connectivity index (χ1n) is 10.6. The van der Waals surface area contributed by atoms with Gasteiger partial charge in [0.1, 0.15) is 30.4 Å². The molecule has 0 radical (unpaired) electrons. The molecule has 0 bridgehead atoms. The van der Waals surface area contributed by atoms with E-state index in [0.717, 1.165) is 5.56 Å². The minimum atomic E-state index is -1.28. The summed E-state index contributed by atoms with van der Waals surface area (Å²) in [5.41, 5.74) is 6.52. The monoisotopic (exact) mass is 457 g/mol. The first-order chi connectivity index (χ1) is 15.5. The minimum absolute atomic E-state index is 0.101. The highest BCUT2D eigenvalue weighted by Gasteiger charge is 2.34. The van der Waals surface area contributed by atoms with Crippen LogP contribution in [0, 0.1) is 12.8 Å². The van der Waals surface area contributed by atoms with E-state index in [1.165, 1.54) is 6.92 Å². The number of benzene rings is 2. The number of ether oxygens (including phenoxy) is 4. The lowest BCUT2D eigenvalue weighted by Crippen LogP contribution is -2.35. The summed E-state index contributed by atoms with van der Waals surface area (Å²) in [6.07, 6.45) is -0.101. The Morgan fingerprint density at radius 3 is 2.24 bits per heavy atom. The van der Waals surface area contributed by atoms with Crippen molar-refractivity contribution < 1.29 is 33.3 Å². The van der Waals surface area contributed by atoms with Gasteiger partial charge in [-0.25, -0.2) is 0 Å². The molecule has 8 heteroatoms. The molecule has 0 heterocycles. The van der Waals surface area contributed by atoms with Crippen molar-refractivity contribution in [3.05, 3.63) is 59.2 Å². The Balaban J connectivity index is 2.36. The second-order valence-corrected chi connectivity index (χ2v) is 8.47. The largest absolute Gasteiger partial charge is 0.488 e. The first-order valence-corrected chi connectivity index (χ1v) is 10.6. The van der Waals surface area contributed by atoms with Crippen LogP contribution in [0.2, 0.25) is 0 Å². The van der Waals surface area contributed by atoms with E-state index >= 15 is 0 Å². The molecule has 1 unspecified atom stereocenters. The zero-order valence-electron chi connectivity index (χ0n) is 19.7. The second-order valence-electron chi connectivity index (χ2n) is 8.47. The molecular weight excluding hydrogens is 426 g/mol. The molecule has 0 saturated heterocycles. The molecule has 1 atom stereocenters. The van der Waals surface area contributed by atoms with Gasteiger partial charge in [0, 0.05) is 18.9 Å². The fourth-order valence-corrected chi connectivity index (χ4v) is 3.11. The molecule has 8 nitrogen and oxygen atoms in total. The molecule has 0 amide bonds. The van der Waals surface area contributed by atoms with Gasteiger partial charge in [0.05, 0.1) is 0 Å². The van der Waals surface area contributed by atoms with Crippen LogP contribution in [0.1, 0.15) is 44.4 Å². The number of hydrogen-bond acceptors (Lipinski definition) is 8. The molecule has 0 aliphatic rings. The summed E-state index contributed by atoms with van der Waals surface area (Å²) in [6, 6.07) is 13.0. The normalized spacial score (nSPS) is 11.9. The topological polar surface area (TPSA) is 114 Å². The SMILES string of the molecule is CC(=O)Oc1c(CC(C(=O)OCN)C(=O)OC(C)(C)C)ccc(OCc2ccccc2)c1C. The Kier molecular flexibility index (Phi) is 8.99. The summed E-state index contributed by atoms with van der Waals surface area (Å²) in [4.78, 5) is 37.0. The highest BCUT2D eigenvalue weighted by molar-refractivity contribution is 5.95. The van der Waals surface area contributed by atoms with Crippen molar-refractivity contribution in [1.29, 1.82) is 0 Å². The zero-order chi connectivity index (χ0) is 24.6. The molecular formula is C25H31NO7. The average Bonchev–Trinajstić information content (AvgIpc) is 2.72. The highest BCUT2D eigenvalue weighted by Crippen LogP contribution is 2.34. The highest BCUT2D eigenvalue weighted by atomic mass is 16.6. The van der Waals surface area contributed by atoms with E-state index in [2.05, 4.69) is 0 Å². The van der Waals surface area contributed by atoms with Crippen LogP contribution in [0.15, 0.2) is 42.5 Å². The van der Waals surface area contributed by atoms with Crippen LogP contribution in [0.25, 0.3) is 0 Å². The van der Waals surface area contributed by atoms with Crippen molar-refractivity contribution in [1.82, 2.24) is 0 Å². The maximum atomic E-state index is 12.7. The number of hydrogen-bond donors (Lipinski definition) is 1. The standard InChI is InChI=1S/C25H31NO7/c1-16-21(30-14-18-9-7-6-8-10-18)12-11-19(22(16)32-17(2)27)13-20(23(28)31-15-26)24(29)33-25(3,4)5/h6-12,20H,13-15,26H2,1-5H3. The molecule has 178 valence electrons. The van der Waals surface area contributed by atoms with E-state index in [9.17, 15) is 14.4 Å². The molecule has 2 rings (SSSR count). The van der Waals surface area contributed by atoms with Crippen LogP contribution in [0.3, 0.4) is 0 Å². The lowest BCUT2D eigenvalue weighted by molar-refractivity contribution is -0.169. The molecule has 2 aromatic carbocycles. The van der Waals surface area contributed by atoms with E-state index in [1.807, 2.05) is 30.3 Å². The van der Waals surface area contributed by atoms with Crippen LogP contribution in [-0.4, -0.2) is 30.2 Å². The van der Waals surface area contributed by atoms with Gasteiger partial charge < -0.3 is 18.9 Å². The van der Waals surface area contributed by atoms with E-state index in [4.69, 9.17) is 24.7 Å². The molecule has 2 N–H and O–H groups in total. The molecule has 0 saturated carbocycles. The third kappa shape index (κ3) is 7.91. The van der Waals surface area contributed by atoms with Gasteiger partial charge in [0.25, 0.3) is 0 Å². The summed E-state index contributed by atoms with van der Waals surface area (Å²) in [5, 5.41) is 0. The van der Waals surface area contributed by atoms with Gasteiger partial charge in [-0.05, 0) is 44.9 Å². The molecule has 0 aliphatic carbocycles. The third-order valence-corrected chi connectivity index (χ3v) is 4.55. The van der Waals surface area contributed by atoms with Crippen LogP contribution < -0.4 is 15.2 Å². The molecule has 0 aliphatic heterocycles. The molecule has 0 spiro atoms. The lowest BCUT2D eigenvalue weighted by Gasteiger charge is -2.24. The third-order valence-electron chi connectivity index (χ3n) is 4.55. The maximum absolute atomic E-state index is 12.7. The van der Waals surface area contributed by atoms with E-state index in [0.29, 0.717) is 23.5 Å². The fraction of sp³-hybridized carbons (Fsp3) is 0.400. The predicted molar refractivity (Wildman–Crippen MR) is 121 cm³/mol. The van der Waals surface area contributed by atoms with Crippen molar-refractivity contribution in [2.24, 2.45) is 11.7 Å². The first kappa shape index (κ1) is 25.9. The number of nitrogens with two attached hydrogens (primary N) is 1.